The molecule has 0 saturated carbocycles. The van der Waals surface area contributed by atoms with Crippen LogP contribution >= 0.6 is 0 Å². The molecule has 2 N–H and O–H groups in total. The summed E-state index contributed by atoms with van der Waals surface area (Å²) in [7, 11) is 0. The Bertz CT molecular complexity index is 852. The van der Waals surface area contributed by atoms with Gasteiger partial charge in [-0.15, -0.1) is 0 Å². The zero-order valence-corrected chi connectivity index (χ0v) is 14.2. The highest BCUT2D eigenvalue weighted by atomic mass is 16.5. The minimum absolute atomic E-state index is 0.143. The van der Waals surface area contributed by atoms with Crippen LogP contribution in [0.25, 0.3) is 5.65 Å². The lowest BCUT2D eigenvalue weighted by atomic mass is 10.2. The number of amides is 1. The third-order valence-electron chi connectivity index (χ3n) is 4.14. The molecule has 1 aromatic carbocycles. The minimum Gasteiger partial charge on any atom is -0.487 e. The minimum atomic E-state index is -0.449. The molecule has 2 aromatic heterocycles. The summed E-state index contributed by atoms with van der Waals surface area (Å²) in [4.78, 5) is 16.6. The summed E-state index contributed by atoms with van der Waals surface area (Å²) in [6.45, 7) is 2.25. The molecular formula is C19H20N4O3. The van der Waals surface area contributed by atoms with E-state index >= 15 is 0 Å². The lowest BCUT2D eigenvalue weighted by Crippen LogP contribution is -2.45. The molecule has 1 aliphatic rings. The number of aromatic nitrogens is 2. The fourth-order valence-electron chi connectivity index (χ4n) is 2.81. The van der Waals surface area contributed by atoms with E-state index in [1.165, 1.54) is 0 Å². The van der Waals surface area contributed by atoms with Gasteiger partial charge < -0.3 is 24.5 Å². The number of morpholine rings is 1. The molecule has 4 rings (SSSR count). The summed E-state index contributed by atoms with van der Waals surface area (Å²) in [5.41, 5.74) is 2.46. The second kappa shape index (κ2) is 7.55. The number of benzene rings is 1. The third kappa shape index (κ3) is 3.84. The van der Waals surface area contributed by atoms with E-state index in [-0.39, 0.29) is 5.91 Å². The van der Waals surface area contributed by atoms with Crippen LogP contribution in [0.4, 0.5) is 5.69 Å². The van der Waals surface area contributed by atoms with Gasteiger partial charge in [-0.2, -0.15) is 0 Å². The Morgan fingerprint density at radius 3 is 2.96 bits per heavy atom. The zero-order chi connectivity index (χ0) is 17.8. The Morgan fingerprint density at radius 1 is 1.31 bits per heavy atom. The third-order valence-corrected chi connectivity index (χ3v) is 4.14. The van der Waals surface area contributed by atoms with Crippen molar-refractivity contribution in [2.45, 2.75) is 12.7 Å². The number of nitrogens with zero attached hydrogens (tertiary/aromatic N) is 2. The number of fused-ring (bicyclic) bond motifs is 1. The van der Waals surface area contributed by atoms with Crippen LogP contribution in [-0.2, 0) is 16.1 Å². The van der Waals surface area contributed by atoms with Crippen molar-refractivity contribution in [1.29, 1.82) is 0 Å². The highest BCUT2D eigenvalue weighted by molar-refractivity contribution is 5.94. The molecule has 7 heteroatoms. The molecule has 1 saturated heterocycles. The van der Waals surface area contributed by atoms with Gasteiger partial charge >= 0.3 is 0 Å². The molecule has 0 bridgehead atoms. The highest BCUT2D eigenvalue weighted by Crippen LogP contribution is 2.17. The molecule has 3 heterocycles. The SMILES string of the molecule is O=C(Nc1ccc(OCc2cn3ccccc3n2)cc1)C1CNCCO1. The lowest BCUT2D eigenvalue weighted by molar-refractivity contribution is -0.128. The topological polar surface area (TPSA) is 76.9 Å². The predicted molar refractivity (Wildman–Crippen MR) is 97.2 cm³/mol. The molecular weight excluding hydrogens is 332 g/mol. The summed E-state index contributed by atoms with van der Waals surface area (Å²) in [5.74, 6) is 0.575. The summed E-state index contributed by atoms with van der Waals surface area (Å²) >= 11 is 0. The van der Waals surface area contributed by atoms with Gasteiger partial charge in [0.1, 0.15) is 24.1 Å². The molecule has 134 valence electrons. The molecule has 1 aliphatic heterocycles. The van der Waals surface area contributed by atoms with E-state index in [0.717, 1.165) is 23.6 Å². The first kappa shape index (κ1) is 16.6. The molecule has 1 unspecified atom stereocenters. The van der Waals surface area contributed by atoms with Crippen LogP contribution in [0.3, 0.4) is 0 Å². The molecule has 1 atom stereocenters. The first-order chi connectivity index (χ1) is 12.8. The Kier molecular flexibility index (Phi) is 4.81. The smallest absolute Gasteiger partial charge is 0.254 e. The Labute approximate surface area is 150 Å². The van der Waals surface area contributed by atoms with Gasteiger partial charge in [-0.3, -0.25) is 4.79 Å². The van der Waals surface area contributed by atoms with Gasteiger partial charge in [0.2, 0.25) is 0 Å². The first-order valence-corrected chi connectivity index (χ1v) is 8.56. The fourth-order valence-corrected chi connectivity index (χ4v) is 2.81. The van der Waals surface area contributed by atoms with E-state index in [4.69, 9.17) is 9.47 Å². The fraction of sp³-hybridized carbons (Fsp3) is 0.263. The number of rotatable bonds is 5. The average molecular weight is 352 g/mol. The molecule has 0 radical (unpaired) electrons. The van der Waals surface area contributed by atoms with Crippen molar-refractivity contribution < 1.29 is 14.3 Å². The van der Waals surface area contributed by atoms with Crippen molar-refractivity contribution in [3.63, 3.8) is 0 Å². The second-order valence-electron chi connectivity index (χ2n) is 6.06. The largest absolute Gasteiger partial charge is 0.487 e. The van der Waals surface area contributed by atoms with Crippen LogP contribution < -0.4 is 15.4 Å². The van der Waals surface area contributed by atoms with Crippen molar-refractivity contribution >= 4 is 17.2 Å². The number of pyridine rings is 1. The van der Waals surface area contributed by atoms with Crippen molar-refractivity contribution in [3.8, 4) is 5.75 Å². The standard InChI is InChI=1S/C19H20N4O3/c24-19(17-11-20-8-10-25-17)22-14-4-6-16(7-5-14)26-13-15-12-23-9-2-1-3-18(23)21-15/h1-7,9,12,17,20H,8,10-11,13H2,(H,22,24). The molecule has 1 fully saturated rings. The maximum atomic E-state index is 12.1. The van der Waals surface area contributed by atoms with Gasteiger partial charge in [-0.1, -0.05) is 6.07 Å². The Morgan fingerprint density at radius 2 is 2.19 bits per heavy atom. The van der Waals surface area contributed by atoms with Gasteiger partial charge in [0.05, 0.1) is 12.3 Å². The summed E-state index contributed by atoms with van der Waals surface area (Å²) < 4.78 is 13.2. The van der Waals surface area contributed by atoms with Gasteiger partial charge in [-0.25, -0.2) is 4.98 Å². The molecule has 3 aromatic rings. The maximum Gasteiger partial charge on any atom is 0.254 e. The summed E-state index contributed by atoms with van der Waals surface area (Å²) in [5, 5.41) is 5.99. The molecule has 1 amide bonds. The summed E-state index contributed by atoms with van der Waals surface area (Å²) in [6, 6.07) is 13.1. The second-order valence-corrected chi connectivity index (χ2v) is 6.06. The summed E-state index contributed by atoms with van der Waals surface area (Å²) in [6.07, 6.45) is 3.45. The van der Waals surface area contributed by atoms with E-state index in [1.807, 2.05) is 59.3 Å². The van der Waals surface area contributed by atoms with Crippen molar-refractivity contribution in [1.82, 2.24) is 14.7 Å². The van der Waals surface area contributed by atoms with E-state index in [1.54, 1.807) is 0 Å². The number of ether oxygens (including phenoxy) is 2. The quantitative estimate of drug-likeness (QED) is 0.733. The molecule has 0 aliphatic carbocycles. The van der Waals surface area contributed by atoms with Gasteiger partial charge in [-0.05, 0) is 36.4 Å². The van der Waals surface area contributed by atoms with Gasteiger partial charge in [0.25, 0.3) is 5.91 Å². The van der Waals surface area contributed by atoms with Crippen LogP contribution in [0.2, 0.25) is 0 Å². The van der Waals surface area contributed by atoms with Crippen molar-refractivity contribution in [2.75, 3.05) is 25.0 Å². The van der Waals surface area contributed by atoms with E-state index in [9.17, 15) is 4.79 Å². The highest BCUT2D eigenvalue weighted by Gasteiger charge is 2.21. The normalized spacial score (nSPS) is 17.2. The monoisotopic (exact) mass is 352 g/mol. The van der Waals surface area contributed by atoms with Crippen LogP contribution in [0.15, 0.2) is 54.9 Å². The zero-order valence-electron chi connectivity index (χ0n) is 14.2. The van der Waals surface area contributed by atoms with Crippen LogP contribution in [0, 0.1) is 0 Å². The number of hydrogen-bond acceptors (Lipinski definition) is 5. The number of hydrogen-bond donors (Lipinski definition) is 2. The maximum absolute atomic E-state index is 12.1. The van der Waals surface area contributed by atoms with Crippen LogP contribution in [0.1, 0.15) is 5.69 Å². The van der Waals surface area contributed by atoms with Gasteiger partial charge in [0, 0.05) is 31.2 Å². The van der Waals surface area contributed by atoms with E-state index in [2.05, 4.69) is 15.6 Å². The Balaban J connectivity index is 1.33. The molecule has 0 spiro atoms. The van der Waals surface area contributed by atoms with Crippen molar-refractivity contribution in [2.24, 2.45) is 0 Å². The van der Waals surface area contributed by atoms with E-state index in [0.29, 0.717) is 25.4 Å². The Hall–Kier alpha value is -2.90. The lowest BCUT2D eigenvalue weighted by Gasteiger charge is -2.22. The van der Waals surface area contributed by atoms with Crippen LogP contribution in [-0.4, -0.2) is 41.1 Å². The molecule has 26 heavy (non-hydrogen) atoms. The number of carbonyl (C=O) groups is 1. The van der Waals surface area contributed by atoms with Crippen molar-refractivity contribution in [3.05, 3.63) is 60.6 Å². The van der Waals surface area contributed by atoms with Gasteiger partial charge in [0.15, 0.2) is 0 Å². The molecule has 7 nitrogen and oxygen atoms in total. The first-order valence-electron chi connectivity index (χ1n) is 8.56. The number of anilines is 1. The number of nitrogens with one attached hydrogen (secondary N) is 2. The van der Waals surface area contributed by atoms with Crippen LogP contribution in [0.5, 0.6) is 5.75 Å². The number of carbonyl (C=O) groups excluding carboxylic acids is 1. The average Bonchev–Trinajstić information content (AvgIpc) is 3.11. The predicted octanol–water partition coefficient (Wildman–Crippen LogP) is 1.84. The van der Waals surface area contributed by atoms with E-state index < -0.39 is 6.10 Å². The number of imidazole rings is 1.